The second-order valence-corrected chi connectivity index (χ2v) is 5.65. The molecule has 0 bridgehead atoms. The van der Waals surface area contributed by atoms with E-state index in [9.17, 15) is 14.9 Å². The molecule has 0 spiro atoms. The highest BCUT2D eigenvalue weighted by Gasteiger charge is 2.13. The normalized spacial score (nSPS) is 10.1. The minimum Gasteiger partial charge on any atom is -0.493 e. The predicted octanol–water partition coefficient (Wildman–Crippen LogP) is 3.63. The lowest BCUT2D eigenvalue weighted by atomic mass is 10.1. The van der Waals surface area contributed by atoms with Gasteiger partial charge >= 0.3 is 6.03 Å². The van der Waals surface area contributed by atoms with Crippen molar-refractivity contribution in [3.8, 4) is 11.5 Å². The number of amides is 2. The number of carbonyl (C=O) groups is 1. The number of benzene rings is 2. The van der Waals surface area contributed by atoms with Gasteiger partial charge in [0.15, 0.2) is 11.5 Å². The van der Waals surface area contributed by atoms with Gasteiger partial charge in [-0.3, -0.25) is 10.1 Å². The summed E-state index contributed by atoms with van der Waals surface area (Å²) >= 11 is 5.74. The van der Waals surface area contributed by atoms with Crippen molar-refractivity contribution in [1.82, 2.24) is 5.32 Å². The zero-order valence-corrected chi connectivity index (χ0v) is 15.0. The first kappa shape index (κ1) is 19.3. The summed E-state index contributed by atoms with van der Waals surface area (Å²) in [6, 6.07) is 9.09. The van der Waals surface area contributed by atoms with Crippen molar-refractivity contribution < 1.29 is 19.2 Å². The number of rotatable bonds is 7. The van der Waals surface area contributed by atoms with Crippen LogP contribution in [0.25, 0.3) is 0 Å². The van der Waals surface area contributed by atoms with E-state index < -0.39 is 11.0 Å². The summed E-state index contributed by atoms with van der Waals surface area (Å²) in [5.74, 6) is 1.24. The predicted molar refractivity (Wildman–Crippen MR) is 98.4 cm³/mol. The third kappa shape index (κ3) is 5.00. The first-order valence-electron chi connectivity index (χ1n) is 7.64. The highest BCUT2D eigenvalue weighted by atomic mass is 35.5. The number of ether oxygens (including phenoxy) is 2. The number of nitrogens with one attached hydrogen (secondary N) is 2. The minimum absolute atomic E-state index is 0.00871. The Hall–Kier alpha value is -3.00. The van der Waals surface area contributed by atoms with E-state index in [0.29, 0.717) is 24.5 Å². The van der Waals surface area contributed by atoms with Crippen LogP contribution in [-0.2, 0) is 6.42 Å². The molecule has 0 atom stereocenters. The van der Waals surface area contributed by atoms with Crippen LogP contribution in [-0.4, -0.2) is 31.7 Å². The summed E-state index contributed by atoms with van der Waals surface area (Å²) in [7, 11) is 3.11. The Balaban J connectivity index is 1.89. The molecule has 2 amide bonds. The Morgan fingerprint density at radius 1 is 1.15 bits per heavy atom. The minimum atomic E-state index is -0.609. The van der Waals surface area contributed by atoms with Gasteiger partial charge in [-0.25, -0.2) is 4.79 Å². The number of carbonyl (C=O) groups excluding carboxylic acids is 1. The average Bonchev–Trinajstić information content (AvgIpc) is 2.62. The molecule has 0 radical (unpaired) electrons. The molecule has 9 heteroatoms. The first-order chi connectivity index (χ1) is 12.4. The number of anilines is 1. The molecule has 8 nitrogen and oxygen atoms in total. The smallest absolute Gasteiger partial charge is 0.319 e. The molecule has 0 aliphatic heterocycles. The molecular weight excluding hydrogens is 362 g/mol. The maximum absolute atomic E-state index is 11.9. The molecule has 2 N–H and O–H groups in total. The number of urea groups is 1. The van der Waals surface area contributed by atoms with Crippen LogP contribution in [0.1, 0.15) is 5.56 Å². The number of halogens is 1. The van der Waals surface area contributed by atoms with Gasteiger partial charge in [-0.15, -0.1) is 0 Å². The topological polar surface area (TPSA) is 103 Å². The van der Waals surface area contributed by atoms with Crippen molar-refractivity contribution in [1.29, 1.82) is 0 Å². The van der Waals surface area contributed by atoms with Crippen molar-refractivity contribution in [3.05, 3.63) is 57.1 Å². The lowest BCUT2D eigenvalue weighted by Gasteiger charge is -2.10. The highest BCUT2D eigenvalue weighted by molar-refractivity contribution is 6.32. The molecule has 0 aromatic heterocycles. The lowest BCUT2D eigenvalue weighted by molar-refractivity contribution is -0.384. The molecule has 0 aliphatic rings. The van der Waals surface area contributed by atoms with Crippen LogP contribution in [0.4, 0.5) is 16.2 Å². The van der Waals surface area contributed by atoms with Gasteiger partial charge < -0.3 is 20.1 Å². The van der Waals surface area contributed by atoms with Crippen molar-refractivity contribution in [2.24, 2.45) is 0 Å². The third-order valence-electron chi connectivity index (χ3n) is 3.55. The Morgan fingerprint density at radius 2 is 1.88 bits per heavy atom. The zero-order valence-electron chi connectivity index (χ0n) is 14.2. The van der Waals surface area contributed by atoms with E-state index in [4.69, 9.17) is 21.1 Å². The SMILES string of the molecule is COc1ccc(CCNC(=O)Nc2ccc(Cl)c([N+](=O)[O-])c2)cc1OC. The van der Waals surface area contributed by atoms with Crippen LogP contribution in [0.2, 0.25) is 5.02 Å². The monoisotopic (exact) mass is 379 g/mol. The molecule has 0 heterocycles. The van der Waals surface area contributed by atoms with E-state index in [2.05, 4.69) is 10.6 Å². The fourth-order valence-corrected chi connectivity index (χ4v) is 2.45. The molecular formula is C17H18ClN3O5. The van der Waals surface area contributed by atoms with Gasteiger partial charge in [0, 0.05) is 18.3 Å². The molecule has 0 aliphatic carbocycles. The number of nitro benzene ring substituents is 1. The zero-order chi connectivity index (χ0) is 19.1. The molecule has 0 saturated carbocycles. The van der Waals surface area contributed by atoms with Gasteiger partial charge in [0.25, 0.3) is 5.69 Å². The summed E-state index contributed by atoms with van der Waals surface area (Å²) < 4.78 is 10.4. The third-order valence-corrected chi connectivity index (χ3v) is 3.87. The maximum Gasteiger partial charge on any atom is 0.319 e. The van der Waals surface area contributed by atoms with E-state index in [-0.39, 0.29) is 16.4 Å². The number of hydrogen-bond acceptors (Lipinski definition) is 5. The summed E-state index contributed by atoms with van der Waals surface area (Å²) in [4.78, 5) is 22.2. The summed E-state index contributed by atoms with van der Waals surface area (Å²) in [6.45, 7) is 0.372. The van der Waals surface area contributed by atoms with Gasteiger partial charge in [0.05, 0.1) is 19.1 Å². The van der Waals surface area contributed by atoms with Crippen molar-refractivity contribution >= 4 is 29.0 Å². The Bertz CT molecular complexity index is 813. The fraction of sp³-hybridized carbons (Fsp3) is 0.235. The largest absolute Gasteiger partial charge is 0.493 e. The van der Waals surface area contributed by atoms with E-state index in [0.717, 1.165) is 5.56 Å². The van der Waals surface area contributed by atoms with E-state index >= 15 is 0 Å². The van der Waals surface area contributed by atoms with Crippen LogP contribution in [0.5, 0.6) is 11.5 Å². The molecule has 138 valence electrons. The van der Waals surface area contributed by atoms with Crippen molar-refractivity contribution in [2.45, 2.75) is 6.42 Å². The van der Waals surface area contributed by atoms with Gasteiger partial charge in [-0.2, -0.15) is 0 Å². The van der Waals surface area contributed by atoms with Crippen LogP contribution >= 0.6 is 11.6 Å². The highest BCUT2D eigenvalue weighted by Crippen LogP contribution is 2.28. The summed E-state index contributed by atoms with van der Waals surface area (Å²) in [6.07, 6.45) is 0.578. The van der Waals surface area contributed by atoms with Crippen molar-refractivity contribution in [2.75, 3.05) is 26.1 Å². The van der Waals surface area contributed by atoms with E-state index in [1.807, 2.05) is 12.1 Å². The molecule has 0 saturated heterocycles. The number of nitrogens with zero attached hydrogens (tertiary/aromatic N) is 1. The maximum atomic E-state index is 11.9. The number of methoxy groups -OCH3 is 2. The first-order valence-corrected chi connectivity index (χ1v) is 8.02. The molecule has 2 rings (SSSR count). The second kappa shape index (κ2) is 8.91. The van der Waals surface area contributed by atoms with Gasteiger partial charge in [-0.05, 0) is 36.2 Å². The van der Waals surface area contributed by atoms with E-state index in [1.54, 1.807) is 20.3 Å². The molecule has 2 aromatic rings. The summed E-state index contributed by atoms with van der Waals surface area (Å²) in [5, 5.41) is 16.1. The lowest BCUT2D eigenvalue weighted by Crippen LogP contribution is -2.30. The Labute approximate surface area is 155 Å². The number of hydrogen-bond donors (Lipinski definition) is 2. The van der Waals surface area contributed by atoms with Gasteiger partial charge in [0.2, 0.25) is 0 Å². The standard InChI is InChI=1S/C17H18ClN3O5/c1-25-15-6-3-11(9-16(15)26-2)7-8-19-17(22)20-12-4-5-13(18)14(10-12)21(23)24/h3-6,9-10H,7-8H2,1-2H3,(H2,19,20,22). The quantitative estimate of drug-likeness (QED) is 0.564. The van der Waals surface area contributed by atoms with Crippen LogP contribution in [0.15, 0.2) is 36.4 Å². The van der Waals surface area contributed by atoms with Crippen LogP contribution in [0, 0.1) is 10.1 Å². The molecule has 26 heavy (non-hydrogen) atoms. The summed E-state index contributed by atoms with van der Waals surface area (Å²) in [5.41, 5.74) is 0.976. The van der Waals surface area contributed by atoms with Crippen molar-refractivity contribution in [3.63, 3.8) is 0 Å². The Kier molecular flexibility index (Phi) is 6.62. The molecule has 2 aromatic carbocycles. The average molecular weight is 380 g/mol. The van der Waals surface area contributed by atoms with Crippen LogP contribution in [0.3, 0.4) is 0 Å². The molecule has 0 fully saturated rings. The Morgan fingerprint density at radius 3 is 2.54 bits per heavy atom. The second-order valence-electron chi connectivity index (χ2n) is 5.24. The van der Waals surface area contributed by atoms with Gasteiger partial charge in [-0.1, -0.05) is 17.7 Å². The van der Waals surface area contributed by atoms with Crippen LogP contribution < -0.4 is 20.1 Å². The number of nitro groups is 1. The van der Waals surface area contributed by atoms with Gasteiger partial charge in [0.1, 0.15) is 5.02 Å². The fourth-order valence-electron chi connectivity index (χ4n) is 2.26. The molecule has 0 unspecified atom stereocenters. The van der Waals surface area contributed by atoms with E-state index in [1.165, 1.54) is 18.2 Å².